The molecule has 7 heterocycles. The second kappa shape index (κ2) is 20.4. The number of nitrogens with one attached hydrogen (secondary N) is 3. The van der Waals surface area contributed by atoms with Crippen molar-refractivity contribution in [2.24, 2.45) is 10.4 Å². The molecule has 1 unspecified atom stereocenters. The third-order valence-corrected chi connectivity index (χ3v) is 15.9. The molecule has 16 nitrogen and oxygen atoms in total. The summed E-state index contributed by atoms with van der Waals surface area (Å²) in [6.07, 6.45) is 1.67. The van der Waals surface area contributed by atoms with Crippen LogP contribution in [0.2, 0.25) is 5.02 Å². The Bertz CT molecular complexity index is 3000. The molecule has 0 radical (unpaired) electrons. The van der Waals surface area contributed by atoms with Crippen molar-refractivity contribution in [2.45, 2.75) is 111 Å². The van der Waals surface area contributed by atoms with E-state index < -0.39 is 41.5 Å². The number of aryl methyl sites for hydroxylation is 3. The van der Waals surface area contributed by atoms with E-state index in [1.54, 1.807) is 34.9 Å². The van der Waals surface area contributed by atoms with Crippen molar-refractivity contribution in [3.63, 3.8) is 0 Å². The fraction of sp³-hybridized carbons (Fsp3) is 0.404. The monoisotopic (exact) mass is 1020 g/mol. The number of fused-ring (bicyclic) bond motifs is 3. The molecule has 5 atom stereocenters. The summed E-state index contributed by atoms with van der Waals surface area (Å²) in [6.45, 7) is 15.1. The lowest BCUT2D eigenvalue weighted by atomic mass is 9.85. The zero-order chi connectivity index (χ0) is 50.3. The Kier molecular flexibility index (Phi) is 14.3. The summed E-state index contributed by atoms with van der Waals surface area (Å²) in [6, 6.07) is 16.6. The number of carbonyl (C=O) groups excluding carboxylic acids is 4. The molecule has 2 saturated heterocycles. The fourth-order valence-electron chi connectivity index (χ4n) is 9.57. The SMILES string of the molecule is Cc1ncsc1-c1ccc(CNC(=O)[C@@H]2C[C@@H](O)CN2C(=O)C(NC(=O)Cc2ccc(N3CC[C@H](NC(=O)C[C@@H]4N=C(c5ccc(Cl)cc5)c5c(sc(C)c5C)-n5c(C)nnc54)C3)cn2)C(C)(C)C)cc1. The molecule has 71 heavy (non-hydrogen) atoms. The Morgan fingerprint density at radius 2 is 1.66 bits per heavy atom. The van der Waals surface area contributed by atoms with Crippen LogP contribution >= 0.6 is 34.3 Å². The molecule has 6 aromatic rings. The highest BCUT2D eigenvalue weighted by molar-refractivity contribution is 7.15. The molecule has 9 rings (SSSR count). The molecular formula is C52H58ClN11O5S2. The molecule has 4 aromatic heterocycles. The molecule has 0 aliphatic carbocycles. The van der Waals surface area contributed by atoms with E-state index in [0.29, 0.717) is 29.6 Å². The second-order valence-corrected chi connectivity index (χ2v) is 22.2. The molecule has 370 valence electrons. The van der Waals surface area contributed by atoms with Crippen LogP contribution in [-0.2, 0) is 32.1 Å². The zero-order valence-electron chi connectivity index (χ0n) is 40.8. The number of thiophene rings is 1. The molecule has 3 aliphatic heterocycles. The van der Waals surface area contributed by atoms with Gasteiger partial charge in [-0.2, -0.15) is 0 Å². The number of thiazole rings is 1. The van der Waals surface area contributed by atoms with Crippen LogP contribution in [0.1, 0.15) is 96.2 Å². The Morgan fingerprint density at radius 1 is 0.915 bits per heavy atom. The van der Waals surface area contributed by atoms with Crippen molar-refractivity contribution in [3.8, 4) is 15.4 Å². The number of β-amino-alcohol motifs (C(OH)–C–C–N with tert-alkyl or cyclic N) is 1. The van der Waals surface area contributed by atoms with E-state index >= 15 is 0 Å². The van der Waals surface area contributed by atoms with E-state index in [-0.39, 0.29) is 50.2 Å². The number of rotatable bonds is 13. The van der Waals surface area contributed by atoms with Crippen molar-refractivity contribution >= 4 is 69.3 Å². The van der Waals surface area contributed by atoms with Gasteiger partial charge in [0.25, 0.3) is 0 Å². The summed E-state index contributed by atoms with van der Waals surface area (Å²) in [7, 11) is 0. The summed E-state index contributed by atoms with van der Waals surface area (Å²) >= 11 is 9.52. The largest absolute Gasteiger partial charge is 0.391 e. The Hall–Kier alpha value is -6.34. The number of anilines is 1. The van der Waals surface area contributed by atoms with Crippen LogP contribution < -0.4 is 20.9 Å². The predicted molar refractivity (Wildman–Crippen MR) is 276 cm³/mol. The van der Waals surface area contributed by atoms with Gasteiger partial charge in [0, 0.05) is 65.4 Å². The number of aliphatic hydroxyl groups excluding tert-OH is 1. The van der Waals surface area contributed by atoms with Crippen LogP contribution in [0.3, 0.4) is 0 Å². The third kappa shape index (κ3) is 10.7. The summed E-state index contributed by atoms with van der Waals surface area (Å²) < 4.78 is 2.04. The number of nitrogens with zero attached hydrogens (tertiary/aromatic N) is 8. The number of carbonyl (C=O) groups is 4. The lowest BCUT2D eigenvalue weighted by molar-refractivity contribution is -0.144. The molecule has 0 bridgehead atoms. The van der Waals surface area contributed by atoms with Crippen LogP contribution in [0, 0.1) is 33.1 Å². The van der Waals surface area contributed by atoms with Gasteiger partial charge < -0.3 is 30.9 Å². The van der Waals surface area contributed by atoms with E-state index in [1.165, 1.54) is 9.78 Å². The number of aliphatic imine (C=N–C) groups is 1. The topological polar surface area (TPSA) is 200 Å². The van der Waals surface area contributed by atoms with Gasteiger partial charge in [0.05, 0.1) is 52.6 Å². The lowest BCUT2D eigenvalue weighted by Crippen LogP contribution is -2.58. The molecule has 2 fully saturated rings. The van der Waals surface area contributed by atoms with Gasteiger partial charge >= 0.3 is 0 Å². The summed E-state index contributed by atoms with van der Waals surface area (Å²) in [5, 5.41) is 30.4. The number of halogens is 1. The molecule has 0 saturated carbocycles. The van der Waals surface area contributed by atoms with Crippen molar-refractivity contribution in [1.29, 1.82) is 0 Å². The highest BCUT2D eigenvalue weighted by atomic mass is 35.5. The highest BCUT2D eigenvalue weighted by Crippen LogP contribution is 2.40. The van der Waals surface area contributed by atoms with Crippen LogP contribution in [-0.4, -0.2) is 108 Å². The number of hydrogen-bond acceptors (Lipinski definition) is 13. The molecular weight excluding hydrogens is 958 g/mol. The fourth-order valence-corrected chi connectivity index (χ4v) is 11.7. The lowest BCUT2D eigenvalue weighted by Gasteiger charge is -2.35. The van der Waals surface area contributed by atoms with E-state index in [4.69, 9.17) is 16.6 Å². The average molecular weight is 1020 g/mol. The minimum absolute atomic E-state index is 0.0208. The molecule has 2 aromatic carbocycles. The molecule has 4 N–H and O–H groups in total. The van der Waals surface area contributed by atoms with Crippen molar-refractivity contribution in [3.05, 3.63) is 128 Å². The van der Waals surface area contributed by atoms with Gasteiger partial charge in [-0.05, 0) is 80.5 Å². The summed E-state index contributed by atoms with van der Waals surface area (Å²) in [4.78, 5) is 75.3. The van der Waals surface area contributed by atoms with Crippen LogP contribution in [0.15, 0.2) is 77.4 Å². The Balaban J connectivity index is 0.795. The van der Waals surface area contributed by atoms with Gasteiger partial charge in [-0.25, -0.2) is 4.98 Å². The first-order valence-electron chi connectivity index (χ1n) is 23.8. The first-order chi connectivity index (χ1) is 33.9. The number of pyridine rings is 1. The second-order valence-electron chi connectivity index (χ2n) is 19.7. The normalized spacial score (nSPS) is 19.1. The van der Waals surface area contributed by atoms with Crippen LogP contribution in [0.25, 0.3) is 15.4 Å². The van der Waals surface area contributed by atoms with E-state index in [9.17, 15) is 24.3 Å². The first kappa shape index (κ1) is 49.6. The standard InChI is InChI=1S/C52H58ClN11O5S2/c1-28-30(3)71-51-44(28)45(33-12-14-35(53)15-13-33)58-40(48-61-60-31(4)64(48)51)22-43(67)57-37-18-19-62(25-37)38-17-16-36(54-24-38)20-42(66)59-47(52(5,6)7)50(69)63-26-39(65)21-41(63)49(68)55-23-32-8-10-34(11-9-32)46-29(2)56-27-70-46/h8-17,24,27,37,39-41,47,65H,18-23,25-26H2,1-7H3,(H,55,68)(H,57,67)(H,59,66)/t37-,39+,40-,41-,47?/m0/s1. The predicted octanol–water partition coefficient (Wildman–Crippen LogP) is 6.76. The minimum atomic E-state index is -0.973. The van der Waals surface area contributed by atoms with Gasteiger partial charge in [-0.1, -0.05) is 68.8 Å². The molecule has 0 spiro atoms. The number of amides is 4. The van der Waals surface area contributed by atoms with Crippen molar-refractivity contribution in [1.82, 2.24) is 45.6 Å². The van der Waals surface area contributed by atoms with E-state index in [2.05, 4.69) is 54.9 Å². The molecule has 3 aliphatic rings. The maximum Gasteiger partial charge on any atom is 0.246 e. The maximum atomic E-state index is 14.2. The maximum absolute atomic E-state index is 14.2. The van der Waals surface area contributed by atoms with Crippen molar-refractivity contribution in [2.75, 3.05) is 24.5 Å². The quantitative estimate of drug-likeness (QED) is 0.0959. The number of aliphatic hydroxyl groups is 1. The van der Waals surface area contributed by atoms with Gasteiger partial charge in [0.15, 0.2) is 5.82 Å². The number of likely N-dealkylation sites (tertiary alicyclic amines) is 1. The van der Waals surface area contributed by atoms with Crippen LogP contribution in [0.4, 0.5) is 5.69 Å². The zero-order valence-corrected chi connectivity index (χ0v) is 43.2. The van der Waals surface area contributed by atoms with Gasteiger partial charge in [0.2, 0.25) is 23.6 Å². The van der Waals surface area contributed by atoms with E-state index in [1.807, 2.05) is 99.3 Å². The van der Waals surface area contributed by atoms with Gasteiger partial charge in [-0.3, -0.25) is 33.7 Å². The molecule has 19 heteroatoms. The molecule has 4 amide bonds. The van der Waals surface area contributed by atoms with Gasteiger partial charge in [-0.15, -0.1) is 32.9 Å². The third-order valence-electron chi connectivity index (χ3n) is 13.5. The smallest absolute Gasteiger partial charge is 0.246 e. The Morgan fingerprint density at radius 3 is 2.35 bits per heavy atom. The van der Waals surface area contributed by atoms with Crippen LogP contribution in [0.5, 0.6) is 0 Å². The highest BCUT2D eigenvalue weighted by Gasteiger charge is 2.44. The van der Waals surface area contributed by atoms with E-state index in [0.717, 1.165) is 67.0 Å². The number of aromatic nitrogens is 5. The number of benzene rings is 2. The minimum Gasteiger partial charge on any atom is -0.391 e. The summed E-state index contributed by atoms with van der Waals surface area (Å²) in [5.41, 5.74) is 9.20. The van der Waals surface area contributed by atoms with Crippen molar-refractivity contribution < 1.29 is 24.3 Å². The van der Waals surface area contributed by atoms with Gasteiger partial charge in [0.1, 0.15) is 29.0 Å². The Labute approximate surface area is 426 Å². The number of hydrogen-bond donors (Lipinski definition) is 4. The average Bonchev–Trinajstić information content (AvgIpc) is 4.18. The summed E-state index contributed by atoms with van der Waals surface area (Å²) in [5.74, 6) is 0.00489. The first-order valence-corrected chi connectivity index (χ1v) is 25.9.